The van der Waals surface area contributed by atoms with Gasteiger partial charge < -0.3 is 10.0 Å². The summed E-state index contributed by atoms with van der Waals surface area (Å²) in [7, 11) is 0. The average Bonchev–Trinajstić information content (AvgIpc) is 2.36. The van der Waals surface area contributed by atoms with Crippen LogP contribution in [0.4, 0.5) is 11.4 Å². The van der Waals surface area contributed by atoms with Gasteiger partial charge in [0.15, 0.2) is 5.78 Å². The zero-order valence-corrected chi connectivity index (χ0v) is 11.6. The molecule has 20 heavy (non-hydrogen) atoms. The monoisotopic (exact) mass is 278 g/mol. The number of nitrogens with zero attached hydrogens (tertiary/aromatic N) is 2. The molecule has 0 spiro atoms. The Morgan fingerprint density at radius 2 is 2.20 bits per heavy atom. The standard InChI is InChI=1S/C14H18N2O4/c1-10(17)12-8-11(4-5-13(12)16(19)20)15-7-3-6-14(2,18)9-15/h4-5,8,18H,3,6-7,9H2,1-2H3. The van der Waals surface area contributed by atoms with E-state index in [1.165, 1.54) is 13.0 Å². The van der Waals surface area contributed by atoms with E-state index in [0.29, 0.717) is 6.54 Å². The molecule has 108 valence electrons. The van der Waals surface area contributed by atoms with E-state index >= 15 is 0 Å². The molecule has 1 aliphatic rings. The number of β-amino-alcohol motifs (C(OH)–C–C–N with tert-alkyl or cyclic N) is 1. The van der Waals surface area contributed by atoms with Gasteiger partial charge in [0, 0.05) is 24.8 Å². The Kier molecular flexibility index (Phi) is 3.76. The van der Waals surface area contributed by atoms with E-state index in [2.05, 4.69) is 0 Å². The molecule has 1 aliphatic heterocycles. The van der Waals surface area contributed by atoms with Crippen LogP contribution >= 0.6 is 0 Å². The van der Waals surface area contributed by atoms with Gasteiger partial charge in [0.05, 0.1) is 16.1 Å². The van der Waals surface area contributed by atoms with Crippen LogP contribution < -0.4 is 4.90 Å². The maximum Gasteiger partial charge on any atom is 0.280 e. The molecule has 1 fully saturated rings. The van der Waals surface area contributed by atoms with E-state index in [9.17, 15) is 20.0 Å². The summed E-state index contributed by atoms with van der Waals surface area (Å²) in [6, 6.07) is 4.53. The largest absolute Gasteiger partial charge is 0.388 e. The Bertz CT molecular complexity index is 554. The predicted molar refractivity (Wildman–Crippen MR) is 75.2 cm³/mol. The summed E-state index contributed by atoms with van der Waals surface area (Å²) < 4.78 is 0. The second kappa shape index (κ2) is 5.20. The minimum absolute atomic E-state index is 0.109. The molecule has 1 unspecified atom stereocenters. The van der Waals surface area contributed by atoms with E-state index in [1.807, 2.05) is 4.90 Å². The van der Waals surface area contributed by atoms with Crippen LogP contribution in [0.3, 0.4) is 0 Å². The number of aliphatic hydroxyl groups is 1. The lowest BCUT2D eigenvalue weighted by Crippen LogP contribution is -2.46. The summed E-state index contributed by atoms with van der Waals surface area (Å²) in [5, 5.41) is 21.0. The van der Waals surface area contributed by atoms with Crippen molar-refractivity contribution < 1.29 is 14.8 Å². The molecule has 0 saturated carbocycles. The maximum absolute atomic E-state index is 11.6. The Hall–Kier alpha value is -1.95. The van der Waals surface area contributed by atoms with Crippen LogP contribution in [0.15, 0.2) is 18.2 Å². The number of carbonyl (C=O) groups is 1. The van der Waals surface area contributed by atoms with Crippen molar-refractivity contribution >= 4 is 17.2 Å². The smallest absolute Gasteiger partial charge is 0.280 e. The summed E-state index contributed by atoms with van der Waals surface area (Å²) in [6.07, 6.45) is 1.58. The predicted octanol–water partition coefficient (Wildman–Crippen LogP) is 2.15. The molecule has 0 aromatic heterocycles. The number of benzene rings is 1. The molecule has 1 N–H and O–H groups in total. The van der Waals surface area contributed by atoms with Gasteiger partial charge in [0.1, 0.15) is 0 Å². The van der Waals surface area contributed by atoms with Gasteiger partial charge in [-0.3, -0.25) is 14.9 Å². The van der Waals surface area contributed by atoms with Gasteiger partial charge in [0.25, 0.3) is 5.69 Å². The Balaban J connectivity index is 2.36. The summed E-state index contributed by atoms with van der Waals surface area (Å²) in [5.41, 5.74) is -0.0975. The SMILES string of the molecule is CC(=O)c1cc(N2CCCC(C)(O)C2)ccc1[N+](=O)[O-]. The van der Waals surface area contributed by atoms with E-state index in [1.54, 1.807) is 19.1 Å². The topological polar surface area (TPSA) is 83.7 Å². The van der Waals surface area contributed by atoms with E-state index in [-0.39, 0.29) is 17.0 Å². The number of Topliss-reactive ketones (excluding diaryl/α,β-unsaturated/α-hetero) is 1. The molecule has 1 aromatic rings. The number of anilines is 1. The highest BCUT2D eigenvalue weighted by Crippen LogP contribution is 2.29. The second-order valence-corrected chi connectivity index (χ2v) is 5.54. The van der Waals surface area contributed by atoms with Crippen molar-refractivity contribution in [3.63, 3.8) is 0 Å². The van der Waals surface area contributed by atoms with Crippen LogP contribution in [0.5, 0.6) is 0 Å². The molecule has 1 saturated heterocycles. The average molecular weight is 278 g/mol. The van der Waals surface area contributed by atoms with Crippen LogP contribution in [-0.2, 0) is 0 Å². The molecule has 6 nitrogen and oxygen atoms in total. The fraction of sp³-hybridized carbons (Fsp3) is 0.500. The summed E-state index contributed by atoms with van der Waals surface area (Å²) >= 11 is 0. The quantitative estimate of drug-likeness (QED) is 0.520. The van der Waals surface area contributed by atoms with Gasteiger partial charge in [-0.15, -0.1) is 0 Å². The molecule has 6 heteroatoms. The molecular weight excluding hydrogens is 260 g/mol. The first kappa shape index (κ1) is 14.5. The van der Waals surface area contributed by atoms with Crippen molar-refractivity contribution in [2.75, 3.05) is 18.0 Å². The Morgan fingerprint density at radius 3 is 2.75 bits per heavy atom. The Labute approximate surface area is 117 Å². The first-order valence-corrected chi connectivity index (χ1v) is 6.57. The lowest BCUT2D eigenvalue weighted by Gasteiger charge is -2.38. The molecule has 0 amide bonds. The molecule has 2 rings (SSSR count). The first-order valence-electron chi connectivity index (χ1n) is 6.57. The number of hydrogen-bond donors (Lipinski definition) is 1. The molecule has 1 atom stereocenters. The van der Waals surface area contributed by atoms with Crippen LogP contribution in [0, 0.1) is 10.1 Å². The zero-order chi connectivity index (χ0) is 14.9. The van der Waals surface area contributed by atoms with Crippen molar-refractivity contribution in [1.82, 2.24) is 0 Å². The molecule has 0 bridgehead atoms. The highest BCUT2D eigenvalue weighted by molar-refractivity contribution is 5.99. The second-order valence-electron chi connectivity index (χ2n) is 5.54. The molecular formula is C14H18N2O4. The minimum Gasteiger partial charge on any atom is -0.388 e. The van der Waals surface area contributed by atoms with Crippen molar-refractivity contribution in [2.24, 2.45) is 0 Å². The van der Waals surface area contributed by atoms with E-state index < -0.39 is 10.5 Å². The normalized spacial score (nSPS) is 22.6. The van der Waals surface area contributed by atoms with Crippen LogP contribution in [0.2, 0.25) is 0 Å². The molecule has 0 radical (unpaired) electrons. The first-order chi connectivity index (χ1) is 9.30. The van der Waals surface area contributed by atoms with Crippen molar-refractivity contribution in [2.45, 2.75) is 32.3 Å². The number of carbonyl (C=O) groups excluding carboxylic acids is 1. The highest BCUT2D eigenvalue weighted by atomic mass is 16.6. The Morgan fingerprint density at radius 1 is 1.50 bits per heavy atom. The summed E-state index contributed by atoms with van der Waals surface area (Å²) in [6.45, 7) is 4.32. The third-order valence-electron chi connectivity index (χ3n) is 3.60. The number of hydrogen-bond acceptors (Lipinski definition) is 5. The highest BCUT2D eigenvalue weighted by Gasteiger charge is 2.29. The maximum atomic E-state index is 11.6. The third kappa shape index (κ3) is 2.96. The van der Waals surface area contributed by atoms with Crippen molar-refractivity contribution in [1.29, 1.82) is 0 Å². The van der Waals surface area contributed by atoms with Crippen LogP contribution in [0.25, 0.3) is 0 Å². The van der Waals surface area contributed by atoms with Crippen molar-refractivity contribution in [3.8, 4) is 0 Å². The molecule has 0 aliphatic carbocycles. The number of rotatable bonds is 3. The van der Waals surface area contributed by atoms with Gasteiger partial charge in [-0.05, 0) is 38.8 Å². The van der Waals surface area contributed by atoms with Crippen LogP contribution in [0.1, 0.15) is 37.0 Å². The summed E-state index contributed by atoms with van der Waals surface area (Å²) in [5.74, 6) is -0.331. The van der Waals surface area contributed by atoms with Gasteiger partial charge in [-0.25, -0.2) is 0 Å². The number of piperidine rings is 1. The fourth-order valence-corrected chi connectivity index (χ4v) is 2.60. The van der Waals surface area contributed by atoms with Gasteiger partial charge in [0.2, 0.25) is 0 Å². The van der Waals surface area contributed by atoms with E-state index in [4.69, 9.17) is 0 Å². The van der Waals surface area contributed by atoms with Crippen LogP contribution in [-0.4, -0.2) is 34.5 Å². The lowest BCUT2D eigenvalue weighted by molar-refractivity contribution is -0.385. The number of nitro benzene ring substituents is 1. The zero-order valence-electron chi connectivity index (χ0n) is 11.6. The molecule has 1 heterocycles. The van der Waals surface area contributed by atoms with Gasteiger partial charge in [-0.2, -0.15) is 0 Å². The number of nitro groups is 1. The number of ketones is 1. The third-order valence-corrected chi connectivity index (χ3v) is 3.60. The molecule has 1 aromatic carbocycles. The minimum atomic E-state index is -0.767. The van der Waals surface area contributed by atoms with Gasteiger partial charge in [-0.1, -0.05) is 0 Å². The lowest BCUT2D eigenvalue weighted by atomic mass is 9.94. The summed E-state index contributed by atoms with van der Waals surface area (Å²) in [4.78, 5) is 23.9. The van der Waals surface area contributed by atoms with Crippen molar-refractivity contribution in [3.05, 3.63) is 33.9 Å². The van der Waals surface area contributed by atoms with Gasteiger partial charge >= 0.3 is 0 Å². The fourth-order valence-electron chi connectivity index (χ4n) is 2.60. The van der Waals surface area contributed by atoms with E-state index in [0.717, 1.165) is 25.1 Å².